The Morgan fingerprint density at radius 2 is 2.04 bits per heavy atom. The number of carboxylic acid groups (broad SMARTS) is 1. The van der Waals surface area contributed by atoms with E-state index >= 15 is 0 Å². The summed E-state index contributed by atoms with van der Waals surface area (Å²) >= 11 is 0. The number of benzene rings is 1. The highest BCUT2D eigenvalue weighted by Gasteiger charge is 2.52. The molecule has 8 nitrogen and oxygen atoms in total. The number of carbonyl (C=O) groups is 2. The Bertz CT molecular complexity index is 737. The number of rotatable bonds is 5. The summed E-state index contributed by atoms with van der Waals surface area (Å²) in [4.78, 5) is 34.4. The van der Waals surface area contributed by atoms with Gasteiger partial charge in [-0.3, -0.25) is 14.9 Å². The summed E-state index contributed by atoms with van der Waals surface area (Å²) in [6.45, 7) is 0.404. The third kappa shape index (κ3) is 3.86. The second-order valence-corrected chi connectivity index (χ2v) is 5.68. The number of alkyl halides is 3. The summed E-state index contributed by atoms with van der Waals surface area (Å²) in [7, 11) is 0. The van der Waals surface area contributed by atoms with Gasteiger partial charge in [0.1, 0.15) is 5.56 Å². The molecule has 26 heavy (non-hydrogen) atoms. The fraction of sp³-hybridized carbons (Fsp3) is 0.467. The van der Waals surface area contributed by atoms with Crippen molar-refractivity contribution in [3.63, 3.8) is 0 Å². The SMILES string of the molecule is CCOC(=O)c1cc(N2C[C@@H](C(F)(F)F)[C@H](C(=O)O)C2)ccc1[N+](=O)[O-]. The first kappa shape index (κ1) is 19.5. The molecule has 0 aliphatic carbocycles. The first-order valence-corrected chi connectivity index (χ1v) is 7.56. The smallest absolute Gasteiger partial charge is 0.394 e. The minimum Gasteiger partial charge on any atom is -0.481 e. The lowest BCUT2D eigenvalue weighted by Gasteiger charge is -2.20. The molecule has 2 atom stereocenters. The van der Waals surface area contributed by atoms with E-state index in [0.717, 1.165) is 17.0 Å². The summed E-state index contributed by atoms with van der Waals surface area (Å²) in [5.74, 6) is -6.32. The second-order valence-electron chi connectivity index (χ2n) is 5.68. The summed E-state index contributed by atoms with van der Waals surface area (Å²) in [5, 5.41) is 20.1. The summed E-state index contributed by atoms with van der Waals surface area (Å²) in [6, 6.07) is 3.21. The number of carboxylic acids is 1. The maximum atomic E-state index is 13.1. The minimum atomic E-state index is -4.71. The Hall–Kier alpha value is -2.85. The molecule has 1 fully saturated rings. The molecule has 0 aromatic heterocycles. The van der Waals surface area contributed by atoms with Gasteiger partial charge >= 0.3 is 18.1 Å². The molecule has 0 amide bonds. The summed E-state index contributed by atoms with van der Waals surface area (Å²) in [6.07, 6.45) is -4.71. The van der Waals surface area contributed by atoms with Gasteiger partial charge in [0.05, 0.1) is 23.4 Å². The van der Waals surface area contributed by atoms with Crippen molar-refractivity contribution in [1.82, 2.24) is 0 Å². The maximum Gasteiger partial charge on any atom is 0.394 e. The molecule has 1 heterocycles. The van der Waals surface area contributed by atoms with Crippen LogP contribution in [0, 0.1) is 22.0 Å². The van der Waals surface area contributed by atoms with Gasteiger partial charge in [0.25, 0.3) is 5.69 Å². The largest absolute Gasteiger partial charge is 0.481 e. The molecule has 1 aromatic rings. The molecule has 11 heteroatoms. The highest BCUT2D eigenvalue weighted by Crippen LogP contribution is 2.40. The molecule has 2 rings (SSSR count). The van der Waals surface area contributed by atoms with Gasteiger partial charge in [-0.2, -0.15) is 13.2 Å². The molecule has 0 saturated carbocycles. The third-order valence-corrected chi connectivity index (χ3v) is 4.09. The molecule has 1 N–H and O–H groups in total. The van der Waals surface area contributed by atoms with Crippen LogP contribution in [-0.4, -0.2) is 47.8 Å². The fourth-order valence-electron chi connectivity index (χ4n) is 2.85. The summed E-state index contributed by atoms with van der Waals surface area (Å²) in [5.41, 5.74) is -0.873. The van der Waals surface area contributed by atoms with E-state index in [9.17, 15) is 32.9 Å². The van der Waals surface area contributed by atoms with Gasteiger partial charge in [0, 0.05) is 24.8 Å². The number of carbonyl (C=O) groups excluding carboxylic acids is 1. The highest BCUT2D eigenvalue weighted by molar-refractivity contribution is 5.95. The number of hydrogen-bond acceptors (Lipinski definition) is 6. The molecule has 0 radical (unpaired) electrons. The zero-order valence-corrected chi connectivity index (χ0v) is 13.5. The average molecular weight is 376 g/mol. The average Bonchev–Trinajstić information content (AvgIpc) is 3.00. The molecular formula is C15H15F3N2O6. The van der Waals surface area contributed by atoms with E-state index in [1.165, 1.54) is 13.0 Å². The standard InChI is InChI=1S/C15H15F3N2O6/c1-2-26-14(23)9-5-8(3-4-12(9)20(24)25)19-6-10(13(21)22)11(7-19)15(16,17)18/h3-5,10-11H,2,6-7H2,1H3,(H,21,22)/t10-,11-/m1/s1. The highest BCUT2D eigenvalue weighted by atomic mass is 19.4. The maximum absolute atomic E-state index is 13.1. The second kappa shape index (κ2) is 7.18. The first-order chi connectivity index (χ1) is 12.1. The normalized spacial score (nSPS) is 20.1. The Balaban J connectivity index is 2.40. The number of ether oxygens (including phenoxy) is 1. The van der Waals surface area contributed by atoms with E-state index in [4.69, 9.17) is 9.84 Å². The van der Waals surface area contributed by atoms with Crippen LogP contribution in [-0.2, 0) is 9.53 Å². The van der Waals surface area contributed by atoms with Crippen LogP contribution in [0.15, 0.2) is 18.2 Å². The fourth-order valence-corrected chi connectivity index (χ4v) is 2.85. The number of hydrogen-bond donors (Lipinski definition) is 1. The molecule has 1 aliphatic heterocycles. The van der Waals surface area contributed by atoms with Gasteiger partial charge in [-0.1, -0.05) is 0 Å². The van der Waals surface area contributed by atoms with Crippen LogP contribution in [0.25, 0.3) is 0 Å². The van der Waals surface area contributed by atoms with E-state index in [1.54, 1.807) is 0 Å². The van der Waals surface area contributed by atoms with Gasteiger partial charge in [0.15, 0.2) is 0 Å². The van der Waals surface area contributed by atoms with E-state index in [-0.39, 0.29) is 12.3 Å². The molecule has 0 bridgehead atoms. The number of esters is 1. The predicted molar refractivity (Wildman–Crippen MR) is 81.9 cm³/mol. The van der Waals surface area contributed by atoms with Crippen LogP contribution < -0.4 is 4.90 Å². The molecule has 1 aliphatic rings. The van der Waals surface area contributed by atoms with Crippen molar-refractivity contribution < 1.29 is 37.5 Å². The lowest BCUT2D eigenvalue weighted by Crippen LogP contribution is -2.33. The lowest BCUT2D eigenvalue weighted by molar-refractivity contribution is -0.385. The van der Waals surface area contributed by atoms with E-state index in [0.29, 0.717) is 0 Å². The van der Waals surface area contributed by atoms with Gasteiger partial charge in [-0.15, -0.1) is 0 Å². The van der Waals surface area contributed by atoms with Crippen molar-refractivity contribution in [2.24, 2.45) is 11.8 Å². The Morgan fingerprint density at radius 3 is 2.50 bits per heavy atom. The number of anilines is 1. The van der Waals surface area contributed by atoms with Crippen LogP contribution in [0.3, 0.4) is 0 Å². The number of nitro benzene ring substituents is 1. The molecule has 0 unspecified atom stereocenters. The Kier molecular flexibility index (Phi) is 5.38. The Morgan fingerprint density at radius 1 is 1.38 bits per heavy atom. The molecule has 142 valence electrons. The molecular weight excluding hydrogens is 361 g/mol. The van der Waals surface area contributed by atoms with Crippen molar-refractivity contribution in [2.75, 3.05) is 24.6 Å². The number of nitrogens with zero attached hydrogens (tertiary/aromatic N) is 2. The zero-order valence-electron chi connectivity index (χ0n) is 13.5. The van der Waals surface area contributed by atoms with E-state index in [2.05, 4.69) is 0 Å². The topological polar surface area (TPSA) is 110 Å². The zero-order chi connectivity index (χ0) is 19.6. The van der Waals surface area contributed by atoms with Gasteiger partial charge in [0.2, 0.25) is 0 Å². The van der Waals surface area contributed by atoms with Crippen LogP contribution in [0.5, 0.6) is 0 Å². The molecule has 0 spiro atoms. The first-order valence-electron chi connectivity index (χ1n) is 7.56. The quantitative estimate of drug-likeness (QED) is 0.477. The van der Waals surface area contributed by atoms with Gasteiger partial charge in [-0.05, 0) is 19.1 Å². The molecule has 1 saturated heterocycles. The van der Waals surface area contributed by atoms with Crippen molar-refractivity contribution in [2.45, 2.75) is 13.1 Å². The van der Waals surface area contributed by atoms with Crippen molar-refractivity contribution >= 4 is 23.3 Å². The third-order valence-electron chi connectivity index (χ3n) is 4.09. The number of halogens is 3. The van der Waals surface area contributed by atoms with Crippen molar-refractivity contribution in [1.29, 1.82) is 0 Å². The van der Waals surface area contributed by atoms with Gasteiger partial charge in [-0.25, -0.2) is 4.79 Å². The summed E-state index contributed by atoms with van der Waals surface area (Å²) < 4.78 is 44.0. The van der Waals surface area contributed by atoms with E-state index in [1.807, 2.05) is 0 Å². The minimum absolute atomic E-state index is 0.0405. The van der Waals surface area contributed by atoms with E-state index < -0.39 is 59.2 Å². The van der Waals surface area contributed by atoms with Crippen molar-refractivity contribution in [3.05, 3.63) is 33.9 Å². The van der Waals surface area contributed by atoms with Crippen LogP contribution in [0.2, 0.25) is 0 Å². The molecule has 1 aromatic carbocycles. The Labute approximate surface area is 145 Å². The monoisotopic (exact) mass is 376 g/mol. The number of aliphatic carboxylic acids is 1. The van der Waals surface area contributed by atoms with Gasteiger partial charge < -0.3 is 14.7 Å². The lowest BCUT2D eigenvalue weighted by atomic mass is 9.96. The van der Waals surface area contributed by atoms with Crippen molar-refractivity contribution in [3.8, 4) is 0 Å². The van der Waals surface area contributed by atoms with Crippen LogP contribution >= 0.6 is 0 Å². The van der Waals surface area contributed by atoms with Crippen LogP contribution in [0.1, 0.15) is 17.3 Å². The number of nitro groups is 1. The van der Waals surface area contributed by atoms with Crippen LogP contribution in [0.4, 0.5) is 24.5 Å². The predicted octanol–water partition coefficient (Wildman–Crippen LogP) is 2.47.